The van der Waals surface area contributed by atoms with E-state index in [4.69, 9.17) is 5.26 Å². The molecule has 0 bridgehead atoms. The highest BCUT2D eigenvalue weighted by Crippen LogP contribution is 2.29. The lowest BCUT2D eigenvalue weighted by molar-refractivity contribution is -0.121. The number of anilines is 1. The van der Waals surface area contributed by atoms with Crippen LogP contribution in [-0.4, -0.2) is 29.4 Å². The Labute approximate surface area is 120 Å². The van der Waals surface area contributed by atoms with Gasteiger partial charge in [0.1, 0.15) is 0 Å². The van der Waals surface area contributed by atoms with Crippen molar-refractivity contribution in [3.8, 4) is 6.07 Å². The largest absolute Gasteiger partial charge is 0.325 e. The van der Waals surface area contributed by atoms with E-state index in [2.05, 4.69) is 23.2 Å². The predicted molar refractivity (Wildman–Crippen MR) is 79.3 cm³/mol. The first-order chi connectivity index (χ1) is 9.65. The Kier molecular flexibility index (Phi) is 4.75. The van der Waals surface area contributed by atoms with Gasteiger partial charge in [0.05, 0.1) is 17.7 Å². The number of nitriles is 1. The van der Waals surface area contributed by atoms with Crippen molar-refractivity contribution in [2.75, 3.05) is 11.9 Å². The monoisotopic (exact) mass is 271 g/mol. The summed E-state index contributed by atoms with van der Waals surface area (Å²) in [4.78, 5) is 14.6. The maximum Gasteiger partial charge on any atom is 0.241 e. The highest BCUT2D eigenvalue weighted by molar-refractivity contribution is 5.94. The van der Waals surface area contributed by atoms with Gasteiger partial charge < -0.3 is 5.32 Å². The molecule has 106 valence electrons. The SMILES string of the molecule is CCCN(C1CC1)C(C)C(=O)Nc1ccc(C#N)cc1. The van der Waals surface area contributed by atoms with Crippen molar-refractivity contribution >= 4 is 11.6 Å². The summed E-state index contributed by atoms with van der Waals surface area (Å²) in [6.07, 6.45) is 3.47. The molecule has 0 aromatic heterocycles. The van der Waals surface area contributed by atoms with Crippen LogP contribution < -0.4 is 5.32 Å². The van der Waals surface area contributed by atoms with Crippen LogP contribution in [0.3, 0.4) is 0 Å². The summed E-state index contributed by atoms with van der Waals surface area (Å²) in [5.41, 5.74) is 1.34. The van der Waals surface area contributed by atoms with Crippen molar-refractivity contribution in [3.05, 3.63) is 29.8 Å². The van der Waals surface area contributed by atoms with E-state index < -0.39 is 0 Å². The first-order valence-corrected chi connectivity index (χ1v) is 7.22. The van der Waals surface area contributed by atoms with Gasteiger partial charge >= 0.3 is 0 Å². The summed E-state index contributed by atoms with van der Waals surface area (Å²) in [7, 11) is 0. The summed E-state index contributed by atoms with van der Waals surface area (Å²) >= 11 is 0. The van der Waals surface area contributed by atoms with E-state index in [1.54, 1.807) is 24.3 Å². The summed E-state index contributed by atoms with van der Waals surface area (Å²) in [6, 6.07) is 9.50. The Morgan fingerprint density at radius 3 is 2.60 bits per heavy atom. The summed E-state index contributed by atoms with van der Waals surface area (Å²) in [5, 5.41) is 11.7. The zero-order chi connectivity index (χ0) is 14.5. The van der Waals surface area contributed by atoms with Gasteiger partial charge in [-0.3, -0.25) is 9.69 Å². The number of benzene rings is 1. The summed E-state index contributed by atoms with van der Waals surface area (Å²) in [6.45, 7) is 5.07. The third-order valence-electron chi connectivity index (χ3n) is 3.66. The maximum absolute atomic E-state index is 12.3. The quantitative estimate of drug-likeness (QED) is 0.865. The minimum absolute atomic E-state index is 0.0232. The smallest absolute Gasteiger partial charge is 0.241 e. The number of carbonyl (C=O) groups excluding carboxylic acids is 1. The zero-order valence-electron chi connectivity index (χ0n) is 12.1. The summed E-state index contributed by atoms with van der Waals surface area (Å²) in [5.74, 6) is 0.0232. The third-order valence-corrected chi connectivity index (χ3v) is 3.66. The molecule has 1 fully saturated rings. The second-order valence-corrected chi connectivity index (χ2v) is 5.32. The Hall–Kier alpha value is -1.86. The molecule has 1 amide bonds. The summed E-state index contributed by atoms with van der Waals surface area (Å²) < 4.78 is 0. The molecule has 4 heteroatoms. The van der Waals surface area contributed by atoms with Gasteiger partial charge in [0, 0.05) is 11.7 Å². The second-order valence-electron chi connectivity index (χ2n) is 5.32. The number of nitrogens with one attached hydrogen (secondary N) is 1. The minimum atomic E-state index is -0.113. The van der Waals surface area contributed by atoms with Crippen LogP contribution in [0.25, 0.3) is 0 Å². The third kappa shape index (κ3) is 3.58. The fourth-order valence-electron chi connectivity index (χ4n) is 2.38. The van der Waals surface area contributed by atoms with E-state index in [1.165, 1.54) is 12.8 Å². The number of hydrogen-bond acceptors (Lipinski definition) is 3. The minimum Gasteiger partial charge on any atom is -0.325 e. The fraction of sp³-hybridized carbons (Fsp3) is 0.500. The molecule has 0 aliphatic heterocycles. The van der Waals surface area contributed by atoms with Crippen molar-refractivity contribution in [3.63, 3.8) is 0 Å². The first kappa shape index (κ1) is 14.5. The molecule has 1 aromatic carbocycles. The fourth-order valence-corrected chi connectivity index (χ4v) is 2.38. The van der Waals surface area contributed by atoms with E-state index in [0.29, 0.717) is 11.6 Å². The van der Waals surface area contributed by atoms with Gasteiger partial charge in [-0.1, -0.05) is 6.92 Å². The lowest BCUT2D eigenvalue weighted by Gasteiger charge is -2.27. The lowest BCUT2D eigenvalue weighted by Crippen LogP contribution is -2.43. The number of carbonyl (C=O) groups is 1. The molecule has 1 aliphatic rings. The lowest BCUT2D eigenvalue weighted by atomic mass is 10.2. The van der Waals surface area contributed by atoms with Crippen LogP contribution in [0, 0.1) is 11.3 Å². The molecule has 0 spiro atoms. The molecule has 0 saturated heterocycles. The van der Waals surface area contributed by atoms with Gasteiger partial charge in [0.25, 0.3) is 0 Å². The van der Waals surface area contributed by atoms with Gasteiger partial charge in [0.2, 0.25) is 5.91 Å². The van der Waals surface area contributed by atoms with Gasteiger partial charge in [0.15, 0.2) is 0 Å². The van der Waals surface area contributed by atoms with E-state index in [0.717, 1.165) is 18.7 Å². The normalized spacial score (nSPS) is 15.7. The Balaban J connectivity index is 1.97. The average Bonchev–Trinajstić information content (AvgIpc) is 3.29. The zero-order valence-corrected chi connectivity index (χ0v) is 12.1. The van der Waals surface area contributed by atoms with Crippen molar-refractivity contribution in [2.24, 2.45) is 0 Å². The highest BCUT2D eigenvalue weighted by atomic mass is 16.2. The van der Waals surface area contributed by atoms with Gasteiger partial charge in [-0.2, -0.15) is 5.26 Å². The highest BCUT2D eigenvalue weighted by Gasteiger charge is 2.34. The van der Waals surface area contributed by atoms with E-state index >= 15 is 0 Å². The van der Waals surface area contributed by atoms with E-state index in [1.807, 2.05) is 6.92 Å². The van der Waals surface area contributed by atoms with Crippen LogP contribution in [0.15, 0.2) is 24.3 Å². The van der Waals surface area contributed by atoms with Crippen LogP contribution in [0.2, 0.25) is 0 Å². The number of amides is 1. The molecule has 1 saturated carbocycles. The topological polar surface area (TPSA) is 56.1 Å². The molecule has 20 heavy (non-hydrogen) atoms. The molecular formula is C16H21N3O. The van der Waals surface area contributed by atoms with Crippen LogP contribution in [0.5, 0.6) is 0 Å². The molecule has 1 aliphatic carbocycles. The van der Waals surface area contributed by atoms with Crippen LogP contribution >= 0.6 is 0 Å². The number of rotatable bonds is 6. The van der Waals surface area contributed by atoms with Crippen molar-refractivity contribution in [1.82, 2.24) is 4.90 Å². The van der Waals surface area contributed by atoms with Crippen LogP contribution in [-0.2, 0) is 4.79 Å². The Morgan fingerprint density at radius 2 is 2.10 bits per heavy atom. The predicted octanol–water partition coefficient (Wildman–Crippen LogP) is 2.76. The van der Waals surface area contributed by atoms with Gasteiger partial charge in [-0.05, 0) is 57.0 Å². The van der Waals surface area contributed by atoms with Gasteiger partial charge in [-0.25, -0.2) is 0 Å². The molecule has 1 unspecified atom stereocenters. The second kappa shape index (κ2) is 6.53. The molecule has 1 aromatic rings. The molecule has 1 N–H and O–H groups in total. The van der Waals surface area contributed by atoms with Crippen LogP contribution in [0.1, 0.15) is 38.7 Å². The van der Waals surface area contributed by atoms with E-state index in [-0.39, 0.29) is 11.9 Å². The standard InChI is InChI=1S/C16H21N3O/c1-3-10-19(15-8-9-15)12(2)16(20)18-14-6-4-13(11-17)5-7-14/h4-7,12,15H,3,8-10H2,1-2H3,(H,18,20). The molecule has 2 rings (SSSR count). The number of nitrogens with zero attached hydrogens (tertiary/aromatic N) is 2. The van der Waals surface area contributed by atoms with Gasteiger partial charge in [-0.15, -0.1) is 0 Å². The number of hydrogen-bond donors (Lipinski definition) is 1. The Bertz CT molecular complexity index is 499. The molecule has 1 atom stereocenters. The maximum atomic E-state index is 12.3. The first-order valence-electron chi connectivity index (χ1n) is 7.22. The molecular weight excluding hydrogens is 250 g/mol. The van der Waals surface area contributed by atoms with Crippen LogP contribution in [0.4, 0.5) is 5.69 Å². The molecule has 0 heterocycles. The Morgan fingerprint density at radius 1 is 1.45 bits per heavy atom. The van der Waals surface area contributed by atoms with Crippen molar-refractivity contribution < 1.29 is 4.79 Å². The molecule has 4 nitrogen and oxygen atoms in total. The average molecular weight is 271 g/mol. The molecule has 0 radical (unpaired) electrons. The van der Waals surface area contributed by atoms with Crippen molar-refractivity contribution in [2.45, 2.75) is 45.2 Å². The van der Waals surface area contributed by atoms with E-state index in [9.17, 15) is 4.79 Å². The van der Waals surface area contributed by atoms with Crippen molar-refractivity contribution in [1.29, 1.82) is 5.26 Å².